The molecule has 0 heterocycles. The number of sulfone groups is 1. The number of hydrogen-bond donors (Lipinski definition) is 1. The van der Waals surface area contributed by atoms with Crippen molar-refractivity contribution in [2.75, 3.05) is 18.1 Å². The van der Waals surface area contributed by atoms with E-state index in [1.807, 2.05) is 0 Å². The van der Waals surface area contributed by atoms with Crippen LogP contribution in [0.4, 0.5) is 0 Å². The molecule has 0 rings (SSSR count). The van der Waals surface area contributed by atoms with Gasteiger partial charge in [-0.05, 0) is 13.3 Å². The van der Waals surface area contributed by atoms with Crippen LogP contribution in [0, 0.1) is 0 Å². The van der Waals surface area contributed by atoms with Crippen molar-refractivity contribution in [2.45, 2.75) is 13.3 Å². The Hall–Kier alpha value is -0.350. The Labute approximate surface area is 67.7 Å². The second kappa shape index (κ2) is 4.51. The van der Waals surface area contributed by atoms with Crippen molar-refractivity contribution in [2.24, 2.45) is 0 Å². The Morgan fingerprint density at radius 2 is 2.00 bits per heavy atom. The molecule has 0 aromatic rings. The molecule has 0 aliphatic heterocycles. The molecule has 66 valence electrons. The monoisotopic (exact) mass is 178 g/mol. The highest BCUT2D eigenvalue weighted by atomic mass is 32.2. The zero-order valence-corrected chi connectivity index (χ0v) is 7.52. The Balaban J connectivity index is 3.84. The largest absolute Gasteiger partial charge is 0.395 e. The summed E-state index contributed by atoms with van der Waals surface area (Å²) in [5.74, 6) is -0.0385. The highest BCUT2D eigenvalue weighted by Crippen LogP contribution is 2.00. The molecule has 11 heavy (non-hydrogen) atoms. The molecular weight excluding hydrogens is 164 g/mol. The van der Waals surface area contributed by atoms with Crippen LogP contribution in [-0.2, 0) is 9.84 Å². The third kappa shape index (κ3) is 6.06. The molecule has 0 aromatic carbocycles. The predicted octanol–water partition coefficient (Wildman–Crippen LogP) is 0.360. The summed E-state index contributed by atoms with van der Waals surface area (Å²) in [5, 5.41) is 8.37. The first kappa shape index (κ1) is 10.7. The molecule has 0 unspecified atom stereocenters. The van der Waals surface area contributed by atoms with Gasteiger partial charge in [-0.3, -0.25) is 0 Å². The SMILES string of the molecule is C=C(C)CCS(=O)(=O)CCO. The molecule has 0 radical (unpaired) electrons. The normalized spacial score (nSPS) is 11.5. The molecule has 4 heteroatoms. The van der Waals surface area contributed by atoms with Crippen molar-refractivity contribution in [3.05, 3.63) is 12.2 Å². The van der Waals surface area contributed by atoms with Crippen molar-refractivity contribution in [3.8, 4) is 0 Å². The minimum atomic E-state index is -3.04. The van der Waals surface area contributed by atoms with Gasteiger partial charge in [-0.2, -0.15) is 0 Å². The summed E-state index contributed by atoms with van der Waals surface area (Å²) < 4.78 is 21.9. The van der Waals surface area contributed by atoms with Crippen LogP contribution >= 0.6 is 0 Å². The Morgan fingerprint density at radius 3 is 2.36 bits per heavy atom. The minimum absolute atomic E-state index is 0.100. The molecule has 0 aliphatic rings. The molecule has 0 amide bonds. The van der Waals surface area contributed by atoms with Crippen LogP contribution in [0.3, 0.4) is 0 Å². The van der Waals surface area contributed by atoms with Gasteiger partial charge in [0.15, 0.2) is 9.84 Å². The summed E-state index contributed by atoms with van der Waals surface area (Å²) in [5.41, 5.74) is 0.853. The molecule has 0 atom stereocenters. The van der Waals surface area contributed by atoms with Crippen molar-refractivity contribution in [3.63, 3.8) is 0 Å². The van der Waals surface area contributed by atoms with Gasteiger partial charge in [0.25, 0.3) is 0 Å². The van der Waals surface area contributed by atoms with E-state index in [9.17, 15) is 8.42 Å². The summed E-state index contributed by atoms with van der Waals surface area (Å²) in [4.78, 5) is 0. The van der Waals surface area contributed by atoms with E-state index in [1.54, 1.807) is 6.92 Å². The van der Waals surface area contributed by atoms with E-state index in [-0.39, 0.29) is 18.1 Å². The highest BCUT2D eigenvalue weighted by Gasteiger charge is 2.08. The number of rotatable bonds is 5. The van der Waals surface area contributed by atoms with Crippen LogP contribution in [0.2, 0.25) is 0 Å². The fraction of sp³-hybridized carbons (Fsp3) is 0.714. The van der Waals surface area contributed by atoms with Gasteiger partial charge < -0.3 is 5.11 Å². The fourth-order valence-electron chi connectivity index (χ4n) is 0.571. The topological polar surface area (TPSA) is 54.4 Å². The zero-order valence-electron chi connectivity index (χ0n) is 6.71. The van der Waals surface area contributed by atoms with Gasteiger partial charge in [0.05, 0.1) is 18.1 Å². The average molecular weight is 178 g/mol. The summed E-state index contributed by atoms with van der Waals surface area (Å²) in [6, 6.07) is 0. The maximum absolute atomic E-state index is 10.9. The van der Waals surface area contributed by atoms with Gasteiger partial charge in [0.1, 0.15) is 0 Å². The highest BCUT2D eigenvalue weighted by molar-refractivity contribution is 7.91. The average Bonchev–Trinajstić information content (AvgIpc) is 1.84. The van der Waals surface area contributed by atoms with Crippen LogP contribution in [-0.4, -0.2) is 31.6 Å². The molecule has 0 saturated carbocycles. The summed E-state index contributed by atoms with van der Waals surface area (Å²) >= 11 is 0. The zero-order chi connectivity index (χ0) is 8.91. The Morgan fingerprint density at radius 1 is 1.45 bits per heavy atom. The quantitative estimate of drug-likeness (QED) is 0.618. The lowest BCUT2D eigenvalue weighted by Crippen LogP contribution is -2.13. The fourth-order valence-corrected chi connectivity index (χ4v) is 1.71. The van der Waals surface area contributed by atoms with E-state index in [0.29, 0.717) is 6.42 Å². The Bertz CT molecular complexity index is 216. The van der Waals surface area contributed by atoms with Crippen LogP contribution in [0.15, 0.2) is 12.2 Å². The number of allylic oxidation sites excluding steroid dienone is 1. The lowest BCUT2D eigenvalue weighted by Gasteiger charge is -2.00. The number of aliphatic hydroxyl groups is 1. The third-order valence-electron chi connectivity index (χ3n) is 1.24. The van der Waals surface area contributed by atoms with Crippen LogP contribution in [0.5, 0.6) is 0 Å². The van der Waals surface area contributed by atoms with Crippen molar-refractivity contribution >= 4 is 9.84 Å². The van der Waals surface area contributed by atoms with Crippen molar-refractivity contribution < 1.29 is 13.5 Å². The second-order valence-corrected chi connectivity index (χ2v) is 4.89. The maximum Gasteiger partial charge on any atom is 0.152 e. The summed E-state index contributed by atoms with van der Waals surface area (Å²) in [6.07, 6.45) is 0.488. The minimum Gasteiger partial charge on any atom is -0.395 e. The third-order valence-corrected chi connectivity index (χ3v) is 2.87. The maximum atomic E-state index is 10.9. The first-order chi connectivity index (χ1) is 4.98. The first-order valence-corrected chi connectivity index (χ1v) is 5.26. The summed E-state index contributed by atoms with van der Waals surface area (Å²) in [6.45, 7) is 5.08. The Kier molecular flexibility index (Phi) is 4.37. The smallest absolute Gasteiger partial charge is 0.152 e. The van der Waals surface area contributed by atoms with Gasteiger partial charge in [-0.1, -0.05) is 5.57 Å². The molecule has 0 bridgehead atoms. The van der Waals surface area contributed by atoms with Gasteiger partial charge in [-0.15, -0.1) is 6.58 Å². The standard InChI is InChI=1S/C7H14O3S/c1-7(2)3-5-11(9,10)6-4-8/h8H,1,3-6H2,2H3. The second-order valence-electron chi connectivity index (χ2n) is 2.58. The van der Waals surface area contributed by atoms with E-state index in [1.165, 1.54) is 0 Å². The van der Waals surface area contributed by atoms with Gasteiger partial charge in [0, 0.05) is 0 Å². The van der Waals surface area contributed by atoms with Crippen molar-refractivity contribution in [1.29, 1.82) is 0 Å². The van der Waals surface area contributed by atoms with Crippen LogP contribution < -0.4 is 0 Å². The molecule has 0 spiro atoms. The van der Waals surface area contributed by atoms with E-state index >= 15 is 0 Å². The molecule has 3 nitrogen and oxygen atoms in total. The molecule has 0 fully saturated rings. The van der Waals surface area contributed by atoms with Crippen LogP contribution in [0.25, 0.3) is 0 Å². The van der Waals surface area contributed by atoms with Crippen LogP contribution in [0.1, 0.15) is 13.3 Å². The van der Waals surface area contributed by atoms with Crippen molar-refractivity contribution in [1.82, 2.24) is 0 Å². The van der Waals surface area contributed by atoms with E-state index in [2.05, 4.69) is 6.58 Å². The van der Waals surface area contributed by atoms with E-state index in [0.717, 1.165) is 5.57 Å². The summed E-state index contributed by atoms with van der Waals surface area (Å²) in [7, 11) is -3.04. The first-order valence-electron chi connectivity index (χ1n) is 3.43. The lowest BCUT2D eigenvalue weighted by atomic mass is 10.3. The number of hydrogen-bond acceptors (Lipinski definition) is 3. The molecule has 0 saturated heterocycles. The van der Waals surface area contributed by atoms with E-state index in [4.69, 9.17) is 5.11 Å². The van der Waals surface area contributed by atoms with Gasteiger partial charge in [-0.25, -0.2) is 8.42 Å². The molecule has 0 aromatic heterocycles. The lowest BCUT2D eigenvalue weighted by molar-refractivity contribution is 0.319. The molecular formula is C7H14O3S. The molecule has 0 aliphatic carbocycles. The number of aliphatic hydroxyl groups excluding tert-OH is 1. The van der Waals surface area contributed by atoms with Gasteiger partial charge >= 0.3 is 0 Å². The molecule has 1 N–H and O–H groups in total. The van der Waals surface area contributed by atoms with Gasteiger partial charge in [0.2, 0.25) is 0 Å². The van der Waals surface area contributed by atoms with E-state index < -0.39 is 9.84 Å². The predicted molar refractivity (Wildman–Crippen MR) is 45.2 cm³/mol.